The highest BCUT2D eigenvalue weighted by Gasteiger charge is 2.39. The third kappa shape index (κ3) is 2.65. The lowest BCUT2D eigenvalue weighted by Crippen LogP contribution is -2.46. The minimum Gasteiger partial charge on any atom is -0.337 e. The Morgan fingerprint density at radius 3 is 2.41 bits per heavy atom. The van der Waals surface area contributed by atoms with E-state index < -0.39 is 0 Å². The van der Waals surface area contributed by atoms with Crippen molar-refractivity contribution in [3.63, 3.8) is 0 Å². The lowest BCUT2D eigenvalue weighted by atomic mass is 9.81. The highest BCUT2D eigenvalue weighted by Crippen LogP contribution is 2.34. The molecule has 3 heteroatoms. The molecule has 1 aliphatic carbocycles. The fraction of sp³-hybridized carbons (Fsp3) is 0.929. The number of carbonyl (C=O) groups excluding carboxylic acids is 1. The van der Waals surface area contributed by atoms with Gasteiger partial charge in [0.25, 0.3) is 0 Å². The Morgan fingerprint density at radius 2 is 1.94 bits per heavy atom. The molecule has 1 heterocycles. The second kappa shape index (κ2) is 4.97. The largest absolute Gasteiger partial charge is 0.337 e. The minimum atomic E-state index is 0.0851. The lowest BCUT2D eigenvalue weighted by molar-refractivity contribution is -0.140. The first-order valence-electron chi connectivity index (χ1n) is 7.06. The van der Waals surface area contributed by atoms with E-state index in [9.17, 15) is 4.79 Å². The molecule has 3 nitrogen and oxygen atoms in total. The Morgan fingerprint density at radius 1 is 1.29 bits per heavy atom. The second-order valence-corrected chi connectivity index (χ2v) is 6.36. The standard InChI is InChI=1S/C14H26N2O/c1-14(2)8-3-9-16(14)13(17)12-6-4-11(10-15)5-7-12/h11-12H,3-10,15H2,1-2H3. The number of carbonyl (C=O) groups is 1. The number of hydrogen-bond donors (Lipinski definition) is 1. The van der Waals surface area contributed by atoms with Crippen LogP contribution >= 0.6 is 0 Å². The average Bonchev–Trinajstić information content (AvgIpc) is 2.68. The van der Waals surface area contributed by atoms with Gasteiger partial charge in [-0.3, -0.25) is 4.79 Å². The number of hydrogen-bond acceptors (Lipinski definition) is 2. The number of nitrogens with zero attached hydrogens (tertiary/aromatic N) is 1. The van der Waals surface area contributed by atoms with E-state index >= 15 is 0 Å². The molecule has 0 atom stereocenters. The summed E-state index contributed by atoms with van der Waals surface area (Å²) in [4.78, 5) is 14.6. The minimum absolute atomic E-state index is 0.0851. The highest BCUT2D eigenvalue weighted by atomic mass is 16.2. The van der Waals surface area contributed by atoms with Crippen molar-refractivity contribution < 1.29 is 4.79 Å². The van der Waals surface area contributed by atoms with Crippen LogP contribution in [0.4, 0.5) is 0 Å². The molecule has 0 bridgehead atoms. The zero-order valence-corrected chi connectivity index (χ0v) is 11.2. The van der Waals surface area contributed by atoms with Crippen molar-refractivity contribution in [1.82, 2.24) is 4.90 Å². The molecule has 0 spiro atoms. The quantitative estimate of drug-likeness (QED) is 0.801. The molecule has 98 valence electrons. The van der Waals surface area contributed by atoms with Gasteiger partial charge in [-0.25, -0.2) is 0 Å². The van der Waals surface area contributed by atoms with Gasteiger partial charge < -0.3 is 10.6 Å². The summed E-state index contributed by atoms with van der Waals surface area (Å²) in [7, 11) is 0. The van der Waals surface area contributed by atoms with Gasteiger partial charge in [0, 0.05) is 18.0 Å². The molecule has 2 N–H and O–H groups in total. The Labute approximate surface area is 105 Å². The maximum absolute atomic E-state index is 12.5. The van der Waals surface area contributed by atoms with Gasteiger partial charge in [0.2, 0.25) is 5.91 Å². The van der Waals surface area contributed by atoms with Crippen LogP contribution in [0.1, 0.15) is 52.4 Å². The van der Waals surface area contributed by atoms with Gasteiger partial charge in [-0.2, -0.15) is 0 Å². The van der Waals surface area contributed by atoms with E-state index in [1.54, 1.807) is 0 Å². The van der Waals surface area contributed by atoms with Crippen molar-refractivity contribution in [3.8, 4) is 0 Å². The molecule has 0 aromatic rings. The average molecular weight is 238 g/mol. The molecule has 0 aromatic carbocycles. The number of amides is 1. The normalized spacial score (nSPS) is 32.8. The number of rotatable bonds is 2. The molecule has 1 saturated heterocycles. The van der Waals surface area contributed by atoms with Crippen LogP contribution in [0.25, 0.3) is 0 Å². The summed E-state index contributed by atoms with van der Waals surface area (Å²) in [6, 6.07) is 0. The Hall–Kier alpha value is -0.570. The first-order valence-corrected chi connectivity index (χ1v) is 7.06. The van der Waals surface area contributed by atoms with Crippen molar-refractivity contribution in [2.45, 2.75) is 57.9 Å². The number of nitrogens with two attached hydrogens (primary N) is 1. The topological polar surface area (TPSA) is 46.3 Å². The van der Waals surface area contributed by atoms with Crippen LogP contribution in [0.5, 0.6) is 0 Å². The molecule has 2 fully saturated rings. The van der Waals surface area contributed by atoms with Crippen molar-refractivity contribution in [2.24, 2.45) is 17.6 Å². The molecule has 0 radical (unpaired) electrons. The van der Waals surface area contributed by atoms with E-state index in [1.807, 2.05) is 0 Å². The van der Waals surface area contributed by atoms with E-state index in [0.29, 0.717) is 11.8 Å². The summed E-state index contributed by atoms with van der Waals surface area (Å²) >= 11 is 0. The fourth-order valence-electron chi connectivity index (χ4n) is 3.38. The molecule has 1 amide bonds. The smallest absolute Gasteiger partial charge is 0.226 e. The Kier molecular flexibility index (Phi) is 3.76. The maximum atomic E-state index is 12.5. The van der Waals surface area contributed by atoms with E-state index in [0.717, 1.165) is 51.6 Å². The molecule has 1 saturated carbocycles. The zero-order valence-electron chi connectivity index (χ0n) is 11.2. The first-order chi connectivity index (χ1) is 8.04. The Balaban J connectivity index is 1.93. The summed E-state index contributed by atoms with van der Waals surface area (Å²) in [5.74, 6) is 1.34. The van der Waals surface area contributed by atoms with Gasteiger partial charge in [0.1, 0.15) is 0 Å². The summed E-state index contributed by atoms with van der Waals surface area (Å²) in [5.41, 5.74) is 5.78. The molecule has 17 heavy (non-hydrogen) atoms. The van der Waals surface area contributed by atoms with E-state index in [-0.39, 0.29) is 11.5 Å². The maximum Gasteiger partial charge on any atom is 0.226 e. The predicted molar refractivity (Wildman–Crippen MR) is 69.5 cm³/mol. The van der Waals surface area contributed by atoms with Crippen LogP contribution in [-0.4, -0.2) is 29.4 Å². The van der Waals surface area contributed by atoms with Crippen molar-refractivity contribution in [2.75, 3.05) is 13.1 Å². The molecule has 0 unspecified atom stereocenters. The predicted octanol–water partition coefficient (Wildman–Crippen LogP) is 2.15. The fourth-order valence-corrected chi connectivity index (χ4v) is 3.38. The molecule has 1 aliphatic heterocycles. The Bertz CT molecular complexity index is 280. The van der Waals surface area contributed by atoms with Gasteiger partial charge in [0.15, 0.2) is 0 Å². The van der Waals surface area contributed by atoms with Crippen molar-refractivity contribution in [1.29, 1.82) is 0 Å². The molecular weight excluding hydrogens is 212 g/mol. The molecule has 2 aliphatic rings. The van der Waals surface area contributed by atoms with Gasteiger partial charge in [-0.15, -0.1) is 0 Å². The molecular formula is C14H26N2O. The SMILES string of the molecule is CC1(C)CCCN1C(=O)C1CCC(CN)CC1. The van der Waals surface area contributed by atoms with Crippen LogP contribution in [0.2, 0.25) is 0 Å². The van der Waals surface area contributed by atoms with Gasteiger partial charge in [-0.05, 0) is 64.8 Å². The summed E-state index contributed by atoms with van der Waals surface area (Å²) in [5, 5.41) is 0. The monoisotopic (exact) mass is 238 g/mol. The van der Waals surface area contributed by atoms with E-state index in [4.69, 9.17) is 5.73 Å². The van der Waals surface area contributed by atoms with Gasteiger partial charge in [0.05, 0.1) is 0 Å². The van der Waals surface area contributed by atoms with Crippen LogP contribution in [0, 0.1) is 11.8 Å². The van der Waals surface area contributed by atoms with E-state index in [2.05, 4.69) is 18.7 Å². The van der Waals surface area contributed by atoms with Crippen LogP contribution in [-0.2, 0) is 4.79 Å². The lowest BCUT2D eigenvalue weighted by Gasteiger charge is -2.36. The van der Waals surface area contributed by atoms with E-state index in [1.165, 1.54) is 0 Å². The summed E-state index contributed by atoms with van der Waals surface area (Å²) in [6.45, 7) is 6.14. The van der Waals surface area contributed by atoms with Crippen molar-refractivity contribution >= 4 is 5.91 Å². The third-order valence-corrected chi connectivity index (χ3v) is 4.70. The molecule has 2 rings (SSSR count). The second-order valence-electron chi connectivity index (χ2n) is 6.36. The summed E-state index contributed by atoms with van der Waals surface area (Å²) < 4.78 is 0. The zero-order chi connectivity index (χ0) is 12.5. The first kappa shape index (κ1) is 12.9. The summed E-state index contributed by atoms with van der Waals surface area (Å²) in [6.07, 6.45) is 6.69. The highest BCUT2D eigenvalue weighted by molar-refractivity contribution is 5.80. The van der Waals surface area contributed by atoms with Gasteiger partial charge in [-0.1, -0.05) is 0 Å². The molecule has 0 aromatic heterocycles. The van der Waals surface area contributed by atoms with Crippen LogP contribution in [0.3, 0.4) is 0 Å². The van der Waals surface area contributed by atoms with Crippen LogP contribution < -0.4 is 5.73 Å². The van der Waals surface area contributed by atoms with Gasteiger partial charge >= 0.3 is 0 Å². The van der Waals surface area contributed by atoms with Crippen molar-refractivity contribution in [3.05, 3.63) is 0 Å². The number of likely N-dealkylation sites (tertiary alicyclic amines) is 1. The third-order valence-electron chi connectivity index (χ3n) is 4.70. The van der Waals surface area contributed by atoms with Crippen LogP contribution in [0.15, 0.2) is 0 Å².